The molecule has 1 atom stereocenters. The predicted octanol–water partition coefficient (Wildman–Crippen LogP) is 3.46. The van der Waals surface area contributed by atoms with E-state index in [0.717, 1.165) is 28.3 Å². The average molecular weight is 382 g/mol. The second kappa shape index (κ2) is 7.82. The third-order valence-electron chi connectivity index (χ3n) is 3.83. The molecule has 0 fully saturated rings. The summed E-state index contributed by atoms with van der Waals surface area (Å²) in [4.78, 5) is 12.6. The van der Waals surface area contributed by atoms with Gasteiger partial charge in [0.2, 0.25) is 15.9 Å². The Kier molecular flexibility index (Phi) is 5.97. The van der Waals surface area contributed by atoms with Crippen LogP contribution < -0.4 is 9.62 Å². The van der Waals surface area contributed by atoms with E-state index in [-0.39, 0.29) is 6.42 Å². The first-order chi connectivity index (χ1) is 12.1. The summed E-state index contributed by atoms with van der Waals surface area (Å²) in [5.41, 5.74) is 0.621. The van der Waals surface area contributed by atoms with E-state index in [1.165, 1.54) is 6.07 Å². The van der Waals surface area contributed by atoms with Gasteiger partial charge in [0, 0.05) is 0 Å². The molecule has 2 rings (SSSR count). The summed E-state index contributed by atoms with van der Waals surface area (Å²) in [5.74, 6) is -2.69. The molecule has 26 heavy (non-hydrogen) atoms. The fraction of sp³-hybridized carbons (Fsp3) is 0.278. The lowest BCUT2D eigenvalue weighted by Gasteiger charge is -2.30. The molecule has 0 aliphatic rings. The van der Waals surface area contributed by atoms with E-state index in [0.29, 0.717) is 5.69 Å². The molecule has 1 N–H and O–H groups in total. The van der Waals surface area contributed by atoms with Crippen molar-refractivity contribution in [1.29, 1.82) is 0 Å². The van der Waals surface area contributed by atoms with Crippen LogP contribution in [0.2, 0.25) is 0 Å². The maximum absolute atomic E-state index is 13.8. The largest absolute Gasteiger partial charge is 0.319 e. The molecule has 0 aliphatic carbocycles. The van der Waals surface area contributed by atoms with Crippen LogP contribution in [0.3, 0.4) is 0 Å². The summed E-state index contributed by atoms with van der Waals surface area (Å²) >= 11 is 0. The molecule has 1 amide bonds. The Bertz CT molecular complexity index is 879. The highest BCUT2D eigenvalue weighted by Gasteiger charge is 2.32. The zero-order chi connectivity index (χ0) is 19.5. The van der Waals surface area contributed by atoms with Crippen LogP contribution in [0.15, 0.2) is 42.5 Å². The summed E-state index contributed by atoms with van der Waals surface area (Å²) in [6.45, 7) is 3.47. The van der Waals surface area contributed by atoms with Crippen molar-refractivity contribution in [2.75, 3.05) is 15.9 Å². The summed E-state index contributed by atoms with van der Waals surface area (Å²) in [5, 5.41) is 2.17. The lowest BCUT2D eigenvalue weighted by molar-refractivity contribution is -0.117. The monoisotopic (exact) mass is 382 g/mol. The minimum absolute atomic E-state index is 0.114. The SMILES string of the molecule is CCC(C(=O)Nc1c(F)cccc1F)N(c1ccc(C)cc1)S(C)(=O)=O. The van der Waals surface area contributed by atoms with Gasteiger partial charge >= 0.3 is 0 Å². The van der Waals surface area contributed by atoms with Gasteiger partial charge in [0.15, 0.2) is 0 Å². The average Bonchev–Trinajstić information content (AvgIpc) is 2.56. The van der Waals surface area contributed by atoms with Crippen molar-refractivity contribution in [3.05, 3.63) is 59.7 Å². The molecular weight excluding hydrogens is 362 g/mol. The smallest absolute Gasteiger partial charge is 0.248 e. The quantitative estimate of drug-likeness (QED) is 0.832. The minimum atomic E-state index is -3.81. The molecule has 2 aromatic carbocycles. The standard InChI is InChI=1S/C18H20F2N2O3S/c1-4-16(18(23)21-17-14(19)6-5-7-15(17)20)22(26(3,24)25)13-10-8-12(2)9-11-13/h5-11,16H,4H2,1-3H3,(H,21,23). The first kappa shape index (κ1) is 19.8. The molecule has 0 bridgehead atoms. The van der Waals surface area contributed by atoms with E-state index in [2.05, 4.69) is 5.32 Å². The third-order valence-corrected chi connectivity index (χ3v) is 5.01. The topological polar surface area (TPSA) is 66.5 Å². The zero-order valence-corrected chi connectivity index (χ0v) is 15.5. The molecule has 0 radical (unpaired) electrons. The van der Waals surface area contributed by atoms with Crippen molar-refractivity contribution in [1.82, 2.24) is 0 Å². The van der Waals surface area contributed by atoms with Crippen LogP contribution in [-0.4, -0.2) is 26.6 Å². The lowest BCUT2D eigenvalue weighted by atomic mass is 10.1. The Labute approximate surface area is 151 Å². The van der Waals surface area contributed by atoms with Crippen LogP contribution in [0.1, 0.15) is 18.9 Å². The minimum Gasteiger partial charge on any atom is -0.319 e. The fourth-order valence-corrected chi connectivity index (χ4v) is 3.79. The van der Waals surface area contributed by atoms with Gasteiger partial charge in [-0.3, -0.25) is 9.10 Å². The summed E-state index contributed by atoms with van der Waals surface area (Å²) < 4.78 is 53.2. The highest BCUT2D eigenvalue weighted by molar-refractivity contribution is 7.92. The number of hydrogen-bond acceptors (Lipinski definition) is 3. The van der Waals surface area contributed by atoms with E-state index < -0.39 is 39.3 Å². The van der Waals surface area contributed by atoms with Gasteiger partial charge in [0.25, 0.3) is 0 Å². The number of hydrogen-bond donors (Lipinski definition) is 1. The maximum atomic E-state index is 13.8. The van der Waals surface area contributed by atoms with Crippen LogP contribution in [0.5, 0.6) is 0 Å². The lowest BCUT2D eigenvalue weighted by Crippen LogP contribution is -2.47. The van der Waals surface area contributed by atoms with E-state index in [9.17, 15) is 22.0 Å². The van der Waals surface area contributed by atoms with Gasteiger partial charge in [-0.1, -0.05) is 30.7 Å². The normalized spacial score (nSPS) is 12.5. The summed E-state index contributed by atoms with van der Waals surface area (Å²) in [6.07, 6.45) is 1.09. The Balaban J connectivity index is 2.41. The second-order valence-corrected chi connectivity index (χ2v) is 7.76. The molecular formula is C18H20F2N2O3S. The number of benzene rings is 2. The number of amides is 1. The predicted molar refractivity (Wildman–Crippen MR) is 97.6 cm³/mol. The Morgan fingerprint density at radius 1 is 1.12 bits per heavy atom. The molecule has 5 nitrogen and oxygen atoms in total. The Morgan fingerprint density at radius 2 is 1.65 bits per heavy atom. The Morgan fingerprint density at radius 3 is 2.12 bits per heavy atom. The summed E-state index contributed by atoms with van der Waals surface area (Å²) in [6, 6.07) is 8.62. The van der Waals surface area contributed by atoms with Crippen LogP contribution in [-0.2, 0) is 14.8 Å². The van der Waals surface area contributed by atoms with Crippen molar-refractivity contribution in [3.8, 4) is 0 Å². The van der Waals surface area contributed by atoms with Crippen LogP contribution in [0.4, 0.5) is 20.2 Å². The number of nitrogens with zero attached hydrogens (tertiary/aromatic N) is 1. The van der Waals surface area contributed by atoms with E-state index in [4.69, 9.17) is 0 Å². The van der Waals surface area contributed by atoms with Crippen LogP contribution in [0.25, 0.3) is 0 Å². The van der Waals surface area contributed by atoms with Gasteiger partial charge in [-0.2, -0.15) is 0 Å². The van der Waals surface area contributed by atoms with Crippen molar-refractivity contribution >= 4 is 27.3 Å². The number of anilines is 2. The molecule has 1 unspecified atom stereocenters. The highest BCUT2D eigenvalue weighted by atomic mass is 32.2. The Hall–Kier alpha value is -2.48. The van der Waals surface area contributed by atoms with Crippen molar-refractivity contribution in [2.45, 2.75) is 26.3 Å². The van der Waals surface area contributed by atoms with Crippen LogP contribution in [0, 0.1) is 18.6 Å². The molecule has 0 aliphatic heterocycles. The van der Waals surface area contributed by atoms with Gasteiger partial charge in [0.1, 0.15) is 23.4 Å². The highest BCUT2D eigenvalue weighted by Crippen LogP contribution is 2.25. The summed E-state index contributed by atoms with van der Waals surface area (Å²) in [7, 11) is -3.81. The van der Waals surface area contributed by atoms with Gasteiger partial charge in [0.05, 0.1) is 11.9 Å². The molecule has 0 saturated heterocycles. The fourth-order valence-electron chi connectivity index (χ4n) is 2.58. The number of nitrogens with one attached hydrogen (secondary N) is 1. The number of para-hydroxylation sites is 1. The van der Waals surface area contributed by atoms with Gasteiger partial charge in [-0.15, -0.1) is 0 Å². The molecule has 2 aromatic rings. The molecule has 0 aromatic heterocycles. The number of rotatable bonds is 6. The van der Waals surface area contributed by atoms with Crippen LogP contribution >= 0.6 is 0 Å². The van der Waals surface area contributed by atoms with Crippen molar-refractivity contribution in [2.24, 2.45) is 0 Å². The number of aryl methyl sites for hydroxylation is 1. The van der Waals surface area contributed by atoms with Crippen molar-refractivity contribution < 1.29 is 22.0 Å². The number of sulfonamides is 1. The van der Waals surface area contributed by atoms with E-state index in [1.54, 1.807) is 31.2 Å². The van der Waals surface area contributed by atoms with Gasteiger partial charge < -0.3 is 5.32 Å². The molecule has 140 valence electrons. The molecule has 0 heterocycles. The van der Waals surface area contributed by atoms with E-state index >= 15 is 0 Å². The first-order valence-electron chi connectivity index (χ1n) is 7.96. The molecule has 0 spiro atoms. The number of halogens is 2. The maximum Gasteiger partial charge on any atom is 0.248 e. The molecule has 0 saturated carbocycles. The molecule has 8 heteroatoms. The van der Waals surface area contributed by atoms with E-state index in [1.807, 2.05) is 6.92 Å². The number of carbonyl (C=O) groups excluding carboxylic acids is 1. The van der Waals surface area contributed by atoms with Gasteiger partial charge in [-0.05, 0) is 37.6 Å². The first-order valence-corrected chi connectivity index (χ1v) is 9.81. The van der Waals surface area contributed by atoms with Gasteiger partial charge in [-0.25, -0.2) is 17.2 Å². The zero-order valence-electron chi connectivity index (χ0n) is 14.7. The second-order valence-electron chi connectivity index (χ2n) is 5.90. The van der Waals surface area contributed by atoms with Crippen molar-refractivity contribution in [3.63, 3.8) is 0 Å². The number of carbonyl (C=O) groups is 1. The third kappa shape index (κ3) is 4.37.